The van der Waals surface area contributed by atoms with Crippen LogP contribution in [0.25, 0.3) is 0 Å². The summed E-state index contributed by atoms with van der Waals surface area (Å²) in [7, 11) is 0. The van der Waals surface area contributed by atoms with Crippen LogP contribution in [0.3, 0.4) is 0 Å². The number of rotatable bonds is 3. The molecule has 2 heterocycles. The molecule has 0 aliphatic carbocycles. The quantitative estimate of drug-likeness (QED) is 0.844. The van der Waals surface area contributed by atoms with Gasteiger partial charge in [-0.15, -0.1) is 11.3 Å². The maximum absolute atomic E-state index is 3.46. The van der Waals surface area contributed by atoms with Crippen LogP contribution in [-0.2, 0) is 6.42 Å². The predicted octanol–water partition coefficient (Wildman–Crippen LogP) is 1.97. The van der Waals surface area contributed by atoms with E-state index in [-0.39, 0.29) is 0 Å². The lowest BCUT2D eigenvalue weighted by molar-refractivity contribution is 0.0924. The Balaban J connectivity index is 1.88. The first kappa shape index (κ1) is 11.1. The molecule has 1 N–H and O–H groups in total. The van der Waals surface area contributed by atoms with E-state index in [4.69, 9.17) is 0 Å². The van der Waals surface area contributed by atoms with E-state index in [2.05, 4.69) is 41.6 Å². The number of nitrogens with one attached hydrogen (secondary N) is 1. The molecule has 1 aliphatic rings. The monoisotopic (exact) mass is 224 g/mol. The largest absolute Gasteiger partial charge is 0.314 e. The van der Waals surface area contributed by atoms with Gasteiger partial charge < -0.3 is 5.32 Å². The van der Waals surface area contributed by atoms with E-state index in [0.29, 0.717) is 5.54 Å². The topological polar surface area (TPSA) is 15.3 Å². The molecule has 0 unspecified atom stereocenters. The van der Waals surface area contributed by atoms with Gasteiger partial charge in [0.2, 0.25) is 0 Å². The van der Waals surface area contributed by atoms with E-state index in [1.165, 1.54) is 24.4 Å². The third-order valence-electron chi connectivity index (χ3n) is 3.18. The molecule has 1 aromatic rings. The zero-order valence-corrected chi connectivity index (χ0v) is 10.4. The van der Waals surface area contributed by atoms with Gasteiger partial charge in [0.25, 0.3) is 0 Å². The lowest BCUT2D eigenvalue weighted by atomic mass is 10.00. The average molecular weight is 224 g/mol. The Bertz CT molecular complexity index is 293. The van der Waals surface area contributed by atoms with Crippen molar-refractivity contribution in [3.63, 3.8) is 0 Å². The van der Waals surface area contributed by atoms with Crippen LogP contribution in [0, 0.1) is 0 Å². The van der Waals surface area contributed by atoms with Gasteiger partial charge in [-0.25, -0.2) is 0 Å². The minimum atomic E-state index is 0.315. The molecule has 2 rings (SSSR count). The Morgan fingerprint density at radius 1 is 1.53 bits per heavy atom. The predicted molar refractivity (Wildman–Crippen MR) is 66.5 cm³/mol. The second-order valence-corrected chi connectivity index (χ2v) is 5.84. The van der Waals surface area contributed by atoms with E-state index >= 15 is 0 Å². The van der Waals surface area contributed by atoms with Crippen molar-refractivity contribution in [3.8, 4) is 0 Å². The summed E-state index contributed by atoms with van der Waals surface area (Å²) in [5.74, 6) is 0. The summed E-state index contributed by atoms with van der Waals surface area (Å²) >= 11 is 1.87. The molecule has 0 saturated carbocycles. The smallest absolute Gasteiger partial charge is 0.0278 e. The molecule has 1 aliphatic heterocycles. The molecule has 84 valence electrons. The Kier molecular flexibility index (Phi) is 3.44. The highest BCUT2D eigenvalue weighted by atomic mass is 32.1. The second kappa shape index (κ2) is 4.64. The standard InChI is InChI=1S/C12H20N2S/c1-12(2)10-13-6-8-14(12)7-5-11-4-3-9-15-11/h3-4,9,13H,5-8,10H2,1-2H3. The highest BCUT2D eigenvalue weighted by Gasteiger charge is 2.28. The Hall–Kier alpha value is -0.380. The molecule has 0 radical (unpaired) electrons. The lowest BCUT2D eigenvalue weighted by Gasteiger charge is -2.42. The Morgan fingerprint density at radius 2 is 2.40 bits per heavy atom. The highest BCUT2D eigenvalue weighted by Crippen LogP contribution is 2.18. The van der Waals surface area contributed by atoms with Crippen molar-refractivity contribution >= 4 is 11.3 Å². The Morgan fingerprint density at radius 3 is 3.07 bits per heavy atom. The van der Waals surface area contributed by atoms with Crippen molar-refractivity contribution in [2.24, 2.45) is 0 Å². The van der Waals surface area contributed by atoms with Crippen molar-refractivity contribution in [3.05, 3.63) is 22.4 Å². The number of hydrogen-bond donors (Lipinski definition) is 1. The van der Waals surface area contributed by atoms with Gasteiger partial charge in [0.15, 0.2) is 0 Å². The molecule has 0 atom stereocenters. The van der Waals surface area contributed by atoms with Crippen LogP contribution >= 0.6 is 11.3 Å². The fourth-order valence-electron chi connectivity index (χ4n) is 2.14. The zero-order chi connectivity index (χ0) is 10.7. The summed E-state index contributed by atoms with van der Waals surface area (Å²) in [6.07, 6.45) is 1.20. The van der Waals surface area contributed by atoms with Crippen LogP contribution in [0.4, 0.5) is 0 Å². The molecular formula is C12H20N2S. The number of thiophene rings is 1. The molecule has 3 heteroatoms. The van der Waals surface area contributed by atoms with Crippen molar-refractivity contribution in [1.82, 2.24) is 10.2 Å². The average Bonchev–Trinajstić information content (AvgIpc) is 2.68. The normalized spacial score (nSPS) is 21.7. The number of nitrogens with zero attached hydrogens (tertiary/aromatic N) is 1. The molecule has 1 fully saturated rings. The van der Waals surface area contributed by atoms with Gasteiger partial charge in [-0.1, -0.05) is 6.07 Å². The zero-order valence-electron chi connectivity index (χ0n) is 9.62. The summed E-state index contributed by atoms with van der Waals surface area (Å²) in [6.45, 7) is 9.26. The fourth-order valence-corrected chi connectivity index (χ4v) is 2.84. The van der Waals surface area contributed by atoms with Crippen molar-refractivity contribution in [2.45, 2.75) is 25.8 Å². The number of hydrogen-bond acceptors (Lipinski definition) is 3. The first-order valence-electron chi connectivity index (χ1n) is 5.67. The highest BCUT2D eigenvalue weighted by molar-refractivity contribution is 7.09. The molecule has 2 nitrogen and oxygen atoms in total. The number of piperazine rings is 1. The molecule has 0 bridgehead atoms. The molecule has 0 amide bonds. The third-order valence-corrected chi connectivity index (χ3v) is 4.12. The van der Waals surface area contributed by atoms with Crippen molar-refractivity contribution in [2.75, 3.05) is 26.2 Å². The molecule has 0 spiro atoms. The molecule has 1 saturated heterocycles. The van der Waals surface area contributed by atoms with Gasteiger partial charge in [-0.05, 0) is 31.7 Å². The summed E-state index contributed by atoms with van der Waals surface area (Å²) < 4.78 is 0. The lowest BCUT2D eigenvalue weighted by Crippen LogP contribution is -2.58. The summed E-state index contributed by atoms with van der Waals surface area (Å²) in [6, 6.07) is 4.38. The van der Waals surface area contributed by atoms with E-state index < -0.39 is 0 Å². The maximum atomic E-state index is 3.46. The van der Waals surface area contributed by atoms with Crippen LogP contribution in [0.5, 0.6) is 0 Å². The van der Waals surface area contributed by atoms with Crippen LogP contribution in [-0.4, -0.2) is 36.6 Å². The fraction of sp³-hybridized carbons (Fsp3) is 0.667. The first-order valence-corrected chi connectivity index (χ1v) is 6.55. The van der Waals surface area contributed by atoms with Crippen LogP contribution in [0.2, 0.25) is 0 Å². The van der Waals surface area contributed by atoms with Crippen molar-refractivity contribution in [1.29, 1.82) is 0 Å². The van der Waals surface area contributed by atoms with Gasteiger partial charge in [-0.3, -0.25) is 4.90 Å². The van der Waals surface area contributed by atoms with Crippen LogP contribution < -0.4 is 5.32 Å². The first-order chi connectivity index (χ1) is 7.18. The van der Waals surface area contributed by atoms with Gasteiger partial charge in [0, 0.05) is 36.6 Å². The molecule has 0 aromatic carbocycles. The summed E-state index contributed by atoms with van der Waals surface area (Å²) in [5.41, 5.74) is 0.315. The van der Waals surface area contributed by atoms with Gasteiger partial charge in [0.05, 0.1) is 0 Å². The molecule has 15 heavy (non-hydrogen) atoms. The van der Waals surface area contributed by atoms with Gasteiger partial charge >= 0.3 is 0 Å². The minimum absolute atomic E-state index is 0.315. The summed E-state index contributed by atoms with van der Waals surface area (Å²) in [5, 5.41) is 5.62. The third kappa shape index (κ3) is 2.80. The second-order valence-electron chi connectivity index (χ2n) is 4.81. The minimum Gasteiger partial charge on any atom is -0.314 e. The van der Waals surface area contributed by atoms with Gasteiger partial charge in [-0.2, -0.15) is 0 Å². The van der Waals surface area contributed by atoms with E-state index in [0.717, 1.165) is 13.1 Å². The van der Waals surface area contributed by atoms with E-state index in [1.54, 1.807) is 0 Å². The van der Waals surface area contributed by atoms with E-state index in [1.807, 2.05) is 11.3 Å². The van der Waals surface area contributed by atoms with Crippen molar-refractivity contribution < 1.29 is 0 Å². The van der Waals surface area contributed by atoms with Crippen LogP contribution in [0.15, 0.2) is 17.5 Å². The summed E-state index contributed by atoms with van der Waals surface area (Å²) in [4.78, 5) is 4.10. The SMILES string of the molecule is CC1(C)CNCCN1CCc1cccs1. The molecule has 1 aromatic heterocycles. The van der Waals surface area contributed by atoms with E-state index in [9.17, 15) is 0 Å². The van der Waals surface area contributed by atoms with Crippen LogP contribution in [0.1, 0.15) is 18.7 Å². The molecular weight excluding hydrogens is 204 g/mol. The maximum Gasteiger partial charge on any atom is 0.0278 e. The van der Waals surface area contributed by atoms with Gasteiger partial charge in [0.1, 0.15) is 0 Å². The Labute approximate surface area is 96.3 Å².